The van der Waals surface area contributed by atoms with Crippen LogP contribution in [-0.4, -0.2) is 11.2 Å². The lowest BCUT2D eigenvalue weighted by Crippen LogP contribution is -2.04. The van der Waals surface area contributed by atoms with Crippen LogP contribution in [0.1, 0.15) is 104 Å². The normalized spacial score (nSPS) is 13.2. The third-order valence-corrected chi connectivity index (χ3v) is 3.94. The minimum atomic E-state index is -0.113. The van der Waals surface area contributed by atoms with Crippen LogP contribution in [0.3, 0.4) is 0 Å². The smallest absolute Gasteiger partial charge is 0.0574 e. The molecular weight excluding hydrogens is 244 g/mol. The lowest BCUT2D eigenvalue weighted by Gasteiger charge is -2.07. The molecule has 0 aliphatic carbocycles. The molecule has 1 unspecified atom stereocenters. The molecule has 120 valence electrons. The van der Waals surface area contributed by atoms with Crippen molar-refractivity contribution in [2.75, 3.05) is 0 Å². The molecule has 0 saturated heterocycles. The summed E-state index contributed by atoms with van der Waals surface area (Å²) in [5, 5.41) is 9.87. The molecular formula is C19H38O. The van der Waals surface area contributed by atoms with Crippen LogP contribution in [0.2, 0.25) is 0 Å². The fraction of sp³-hybridized carbons (Fsp3) is 0.895. The molecule has 1 nitrogen and oxygen atoms in total. The fourth-order valence-corrected chi connectivity index (χ4v) is 2.52. The number of hydrogen-bond donors (Lipinski definition) is 1. The largest absolute Gasteiger partial charge is 0.393 e. The van der Waals surface area contributed by atoms with Gasteiger partial charge in [-0.2, -0.15) is 0 Å². The van der Waals surface area contributed by atoms with Crippen molar-refractivity contribution in [3.63, 3.8) is 0 Å². The van der Waals surface area contributed by atoms with Crippen molar-refractivity contribution in [3.8, 4) is 0 Å². The second-order valence-electron chi connectivity index (χ2n) is 6.12. The molecule has 1 heteroatoms. The van der Waals surface area contributed by atoms with Gasteiger partial charge in [-0.1, -0.05) is 90.2 Å². The SMILES string of the molecule is CCCCC/C=C\CC(O)CCCCCCCCCC. The summed E-state index contributed by atoms with van der Waals surface area (Å²) in [5.74, 6) is 0. The zero-order valence-corrected chi connectivity index (χ0v) is 14.1. The van der Waals surface area contributed by atoms with Gasteiger partial charge in [0, 0.05) is 0 Å². The highest BCUT2D eigenvalue weighted by atomic mass is 16.3. The maximum absolute atomic E-state index is 9.87. The monoisotopic (exact) mass is 282 g/mol. The van der Waals surface area contributed by atoms with Crippen LogP contribution in [0.4, 0.5) is 0 Å². The van der Waals surface area contributed by atoms with Crippen molar-refractivity contribution in [2.45, 2.75) is 110 Å². The summed E-state index contributed by atoms with van der Waals surface area (Å²) in [6, 6.07) is 0. The van der Waals surface area contributed by atoms with Gasteiger partial charge in [-0.25, -0.2) is 0 Å². The Morgan fingerprint density at radius 2 is 1.25 bits per heavy atom. The number of unbranched alkanes of at least 4 members (excludes halogenated alkanes) is 10. The highest BCUT2D eigenvalue weighted by Gasteiger charge is 2.01. The van der Waals surface area contributed by atoms with Crippen LogP contribution in [-0.2, 0) is 0 Å². The highest BCUT2D eigenvalue weighted by Crippen LogP contribution is 2.12. The first-order chi connectivity index (χ1) is 9.81. The maximum Gasteiger partial charge on any atom is 0.0574 e. The van der Waals surface area contributed by atoms with E-state index in [4.69, 9.17) is 0 Å². The van der Waals surface area contributed by atoms with Crippen LogP contribution < -0.4 is 0 Å². The zero-order valence-electron chi connectivity index (χ0n) is 14.1. The van der Waals surface area contributed by atoms with E-state index in [0.29, 0.717) is 0 Å². The van der Waals surface area contributed by atoms with Gasteiger partial charge in [0.05, 0.1) is 6.10 Å². The summed E-state index contributed by atoms with van der Waals surface area (Å²) < 4.78 is 0. The zero-order chi connectivity index (χ0) is 14.9. The Labute approximate surface area is 127 Å². The molecule has 1 atom stereocenters. The molecule has 0 heterocycles. The predicted octanol–water partition coefficient (Wildman–Crippen LogP) is 6.40. The molecule has 0 aromatic heterocycles. The van der Waals surface area contributed by atoms with E-state index >= 15 is 0 Å². The summed E-state index contributed by atoms with van der Waals surface area (Å²) in [4.78, 5) is 0. The summed E-state index contributed by atoms with van der Waals surface area (Å²) in [6.07, 6.45) is 22.0. The van der Waals surface area contributed by atoms with Crippen LogP contribution in [0, 0.1) is 0 Å². The fourth-order valence-electron chi connectivity index (χ4n) is 2.52. The molecule has 0 rings (SSSR count). The van der Waals surface area contributed by atoms with E-state index in [1.165, 1.54) is 77.0 Å². The molecule has 0 aromatic rings. The van der Waals surface area contributed by atoms with Gasteiger partial charge in [-0.05, 0) is 25.7 Å². The first-order valence-corrected chi connectivity index (χ1v) is 9.14. The van der Waals surface area contributed by atoms with E-state index in [2.05, 4.69) is 26.0 Å². The molecule has 0 bridgehead atoms. The van der Waals surface area contributed by atoms with Crippen LogP contribution in [0.25, 0.3) is 0 Å². The average molecular weight is 283 g/mol. The van der Waals surface area contributed by atoms with Gasteiger partial charge in [0.15, 0.2) is 0 Å². The van der Waals surface area contributed by atoms with E-state index in [1.54, 1.807) is 0 Å². The Kier molecular flexibility index (Phi) is 16.5. The molecule has 0 fully saturated rings. The third-order valence-electron chi connectivity index (χ3n) is 3.94. The van der Waals surface area contributed by atoms with Gasteiger partial charge in [-0.3, -0.25) is 0 Å². The van der Waals surface area contributed by atoms with Gasteiger partial charge in [-0.15, -0.1) is 0 Å². The van der Waals surface area contributed by atoms with Crippen LogP contribution >= 0.6 is 0 Å². The highest BCUT2D eigenvalue weighted by molar-refractivity contribution is 4.83. The number of allylic oxidation sites excluding steroid dienone is 1. The second-order valence-corrected chi connectivity index (χ2v) is 6.12. The van der Waals surface area contributed by atoms with E-state index < -0.39 is 0 Å². The lowest BCUT2D eigenvalue weighted by molar-refractivity contribution is 0.163. The standard InChI is InChI=1S/C19H38O/c1-3-5-7-9-11-12-14-16-18-19(20)17-15-13-10-8-6-4-2/h13,15,19-20H,3-12,14,16-18H2,1-2H3/b15-13-. The minimum Gasteiger partial charge on any atom is -0.393 e. The molecule has 0 spiro atoms. The molecule has 1 N–H and O–H groups in total. The number of aliphatic hydroxyl groups excluding tert-OH is 1. The summed E-state index contributed by atoms with van der Waals surface area (Å²) in [7, 11) is 0. The summed E-state index contributed by atoms with van der Waals surface area (Å²) in [5.41, 5.74) is 0. The maximum atomic E-state index is 9.87. The lowest BCUT2D eigenvalue weighted by atomic mass is 10.0. The van der Waals surface area contributed by atoms with Crippen LogP contribution in [0.5, 0.6) is 0 Å². The van der Waals surface area contributed by atoms with Crippen molar-refractivity contribution in [1.82, 2.24) is 0 Å². The van der Waals surface area contributed by atoms with Crippen molar-refractivity contribution in [1.29, 1.82) is 0 Å². The van der Waals surface area contributed by atoms with Gasteiger partial charge >= 0.3 is 0 Å². The number of rotatable bonds is 15. The second kappa shape index (κ2) is 16.8. The molecule has 0 radical (unpaired) electrons. The Balaban J connectivity index is 3.21. The molecule has 0 amide bonds. The quantitative estimate of drug-likeness (QED) is 0.272. The molecule has 20 heavy (non-hydrogen) atoms. The van der Waals surface area contributed by atoms with E-state index in [9.17, 15) is 5.11 Å². The minimum absolute atomic E-state index is 0.113. The molecule has 0 aliphatic heterocycles. The van der Waals surface area contributed by atoms with Crippen molar-refractivity contribution in [2.24, 2.45) is 0 Å². The Morgan fingerprint density at radius 3 is 1.90 bits per heavy atom. The van der Waals surface area contributed by atoms with Crippen molar-refractivity contribution >= 4 is 0 Å². The molecule has 0 saturated carbocycles. The average Bonchev–Trinajstić information content (AvgIpc) is 2.45. The Hall–Kier alpha value is -0.300. The van der Waals surface area contributed by atoms with E-state index in [1.807, 2.05) is 0 Å². The predicted molar refractivity (Wildman–Crippen MR) is 91.1 cm³/mol. The Morgan fingerprint density at radius 1 is 0.700 bits per heavy atom. The first kappa shape index (κ1) is 19.7. The summed E-state index contributed by atoms with van der Waals surface area (Å²) >= 11 is 0. The van der Waals surface area contributed by atoms with Gasteiger partial charge < -0.3 is 5.11 Å². The Bertz CT molecular complexity index is 198. The van der Waals surface area contributed by atoms with Gasteiger partial charge in [0.25, 0.3) is 0 Å². The van der Waals surface area contributed by atoms with Crippen LogP contribution in [0.15, 0.2) is 12.2 Å². The van der Waals surface area contributed by atoms with Gasteiger partial charge in [0.2, 0.25) is 0 Å². The molecule has 0 aliphatic rings. The van der Waals surface area contributed by atoms with Crippen molar-refractivity contribution in [3.05, 3.63) is 12.2 Å². The third kappa shape index (κ3) is 15.8. The summed E-state index contributed by atoms with van der Waals surface area (Å²) in [6.45, 7) is 4.50. The number of aliphatic hydroxyl groups is 1. The topological polar surface area (TPSA) is 20.2 Å². The number of hydrogen-bond acceptors (Lipinski definition) is 1. The molecule has 0 aromatic carbocycles. The first-order valence-electron chi connectivity index (χ1n) is 9.14. The van der Waals surface area contributed by atoms with Crippen molar-refractivity contribution < 1.29 is 5.11 Å². The van der Waals surface area contributed by atoms with E-state index in [-0.39, 0.29) is 6.10 Å². The van der Waals surface area contributed by atoms with E-state index in [0.717, 1.165) is 12.8 Å². The van der Waals surface area contributed by atoms with Gasteiger partial charge in [0.1, 0.15) is 0 Å².